The molecule has 0 saturated heterocycles. The minimum atomic E-state index is -1.02. The third-order valence-corrected chi connectivity index (χ3v) is 5.84. The first-order valence-electron chi connectivity index (χ1n) is 10.6. The van der Waals surface area contributed by atoms with Crippen molar-refractivity contribution in [2.45, 2.75) is 33.1 Å². The lowest BCUT2D eigenvalue weighted by Gasteiger charge is -2.38. The van der Waals surface area contributed by atoms with Gasteiger partial charge in [-0.25, -0.2) is 9.18 Å². The average Bonchev–Trinajstić information content (AvgIpc) is 2.75. The molecule has 32 heavy (non-hydrogen) atoms. The molecular weight excluding hydrogens is 417 g/mol. The smallest absolute Gasteiger partial charge is 0.336 e. The molecule has 8 heteroatoms. The third-order valence-electron chi connectivity index (χ3n) is 5.84. The monoisotopic (exact) mass is 445 g/mol. The fourth-order valence-electron chi connectivity index (χ4n) is 4.39. The summed E-state index contributed by atoms with van der Waals surface area (Å²) in [5, 5.41) is 3.14. The van der Waals surface area contributed by atoms with Crippen molar-refractivity contribution in [3.63, 3.8) is 0 Å². The number of allylic oxidation sites excluding steroid dienone is 3. The van der Waals surface area contributed by atoms with E-state index in [0.717, 1.165) is 0 Å². The molecule has 1 aliphatic heterocycles. The van der Waals surface area contributed by atoms with Crippen LogP contribution in [0.5, 0.6) is 0 Å². The highest BCUT2D eigenvalue weighted by atomic mass is 19.1. The number of hydrogen-bond donors (Lipinski definition) is 1. The number of dihydropyridines is 1. The summed E-state index contributed by atoms with van der Waals surface area (Å²) in [7, 11) is 1.23. The minimum Gasteiger partial charge on any atom is -0.468 e. The van der Waals surface area contributed by atoms with Crippen LogP contribution in [0.4, 0.5) is 4.39 Å². The molecule has 7 nitrogen and oxygen atoms in total. The number of ketones is 1. The Morgan fingerprint density at radius 3 is 2.59 bits per heavy atom. The molecule has 1 N–H and O–H groups in total. The number of carbonyl (C=O) groups excluding carboxylic acids is 3. The van der Waals surface area contributed by atoms with Crippen LogP contribution in [0.25, 0.3) is 0 Å². The first-order chi connectivity index (χ1) is 15.3. The van der Waals surface area contributed by atoms with Gasteiger partial charge < -0.3 is 19.5 Å². The van der Waals surface area contributed by atoms with Gasteiger partial charge in [0.05, 0.1) is 25.2 Å². The molecule has 2 aliphatic rings. The zero-order valence-corrected chi connectivity index (χ0v) is 18.7. The highest BCUT2D eigenvalue weighted by Crippen LogP contribution is 2.45. The number of rotatable bonds is 7. The van der Waals surface area contributed by atoms with E-state index in [1.54, 1.807) is 19.9 Å². The summed E-state index contributed by atoms with van der Waals surface area (Å²) in [6.45, 7) is 6.04. The van der Waals surface area contributed by atoms with E-state index in [1.165, 1.54) is 25.3 Å². The lowest BCUT2D eigenvalue weighted by molar-refractivity contribution is -0.151. The van der Waals surface area contributed by atoms with Crippen molar-refractivity contribution in [1.29, 1.82) is 0 Å². The van der Waals surface area contributed by atoms with E-state index >= 15 is 0 Å². The summed E-state index contributed by atoms with van der Waals surface area (Å²) in [6, 6.07) is 5.99. The molecule has 1 aromatic rings. The van der Waals surface area contributed by atoms with E-state index in [0.29, 0.717) is 24.4 Å². The molecule has 0 radical (unpaired) electrons. The summed E-state index contributed by atoms with van der Waals surface area (Å²) in [6.07, 6.45) is 0.385. The number of carbonyl (C=O) groups is 3. The van der Waals surface area contributed by atoms with Gasteiger partial charge >= 0.3 is 11.9 Å². The van der Waals surface area contributed by atoms with Crippen molar-refractivity contribution in [3.8, 4) is 0 Å². The Bertz CT molecular complexity index is 982. The Morgan fingerprint density at radius 2 is 1.94 bits per heavy atom. The molecule has 0 spiro atoms. The predicted molar refractivity (Wildman–Crippen MR) is 114 cm³/mol. The maximum absolute atomic E-state index is 14.9. The Kier molecular flexibility index (Phi) is 7.45. The second kappa shape index (κ2) is 10.1. The molecule has 1 heterocycles. The normalized spacial score (nSPS) is 22.9. The highest BCUT2D eigenvalue weighted by Gasteiger charge is 2.47. The molecule has 172 valence electrons. The lowest BCUT2D eigenvalue weighted by atomic mass is 9.69. The second-order valence-electron chi connectivity index (χ2n) is 7.89. The first kappa shape index (κ1) is 23.7. The van der Waals surface area contributed by atoms with Crippen LogP contribution in [-0.4, -0.2) is 44.7 Å². The average molecular weight is 445 g/mol. The van der Waals surface area contributed by atoms with Crippen LogP contribution in [-0.2, 0) is 28.6 Å². The maximum atomic E-state index is 14.9. The summed E-state index contributed by atoms with van der Waals surface area (Å²) in [5.41, 5.74) is 1.57. The van der Waals surface area contributed by atoms with Gasteiger partial charge in [0, 0.05) is 29.1 Å². The van der Waals surface area contributed by atoms with Gasteiger partial charge in [0.1, 0.15) is 18.3 Å². The Hall–Kier alpha value is -3.00. The van der Waals surface area contributed by atoms with Crippen LogP contribution < -0.4 is 5.32 Å². The lowest BCUT2D eigenvalue weighted by Crippen LogP contribution is -2.43. The van der Waals surface area contributed by atoms with Crippen LogP contribution in [0.3, 0.4) is 0 Å². The molecule has 0 bridgehead atoms. The van der Waals surface area contributed by atoms with E-state index in [-0.39, 0.29) is 35.8 Å². The number of methoxy groups -OCH3 is 1. The quantitative estimate of drug-likeness (QED) is 0.392. The molecule has 0 fully saturated rings. The summed E-state index contributed by atoms with van der Waals surface area (Å²) < 4.78 is 30.4. The second-order valence-corrected chi connectivity index (χ2v) is 7.89. The zero-order chi connectivity index (χ0) is 23.4. The molecule has 0 saturated carbocycles. The van der Waals surface area contributed by atoms with Crippen LogP contribution >= 0.6 is 0 Å². The van der Waals surface area contributed by atoms with Crippen LogP contribution in [0.2, 0.25) is 0 Å². The van der Waals surface area contributed by atoms with Crippen LogP contribution in [0, 0.1) is 17.7 Å². The third kappa shape index (κ3) is 4.46. The highest BCUT2D eigenvalue weighted by molar-refractivity contribution is 6.12. The molecular formula is C24H28FNO6. The number of hydrogen-bond acceptors (Lipinski definition) is 7. The summed E-state index contributed by atoms with van der Waals surface area (Å²) in [4.78, 5) is 39.0. The SMILES string of the molecule is CCOCCOC(=O)C1=C(C)NC2=C(C(=O)[C@H](C(=O)OC)[C@H](C)C2)[C@@H]1c1ccccc1F. The fourth-order valence-corrected chi connectivity index (χ4v) is 4.39. The fraction of sp³-hybridized carbons (Fsp3) is 0.458. The van der Waals surface area contributed by atoms with Gasteiger partial charge in [0.25, 0.3) is 0 Å². The van der Waals surface area contributed by atoms with Gasteiger partial charge in [-0.05, 0) is 32.3 Å². The number of ether oxygens (including phenoxy) is 3. The van der Waals surface area contributed by atoms with Crippen molar-refractivity contribution >= 4 is 17.7 Å². The van der Waals surface area contributed by atoms with Crippen molar-refractivity contribution in [2.75, 3.05) is 26.9 Å². The number of nitrogens with one attached hydrogen (secondary N) is 1. The predicted octanol–water partition coefficient (Wildman–Crippen LogP) is 3.02. The van der Waals surface area contributed by atoms with E-state index < -0.39 is 35.4 Å². The molecule has 1 aromatic carbocycles. The molecule has 0 amide bonds. The Balaban J connectivity index is 2.09. The minimum absolute atomic E-state index is 0.0229. The molecule has 1 aliphatic carbocycles. The maximum Gasteiger partial charge on any atom is 0.336 e. The topological polar surface area (TPSA) is 90.9 Å². The van der Waals surface area contributed by atoms with Gasteiger partial charge in [0.15, 0.2) is 5.78 Å². The molecule has 0 unspecified atom stereocenters. The summed E-state index contributed by atoms with van der Waals surface area (Å²) in [5.74, 6) is -4.68. The summed E-state index contributed by atoms with van der Waals surface area (Å²) >= 11 is 0. The Morgan fingerprint density at radius 1 is 1.22 bits per heavy atom. The number of halogens is 1. The Labute approximate surface area is 186 Å². The van der Waals surface area contributed by atoms with Gasteiger partial charge in [-0.2, -0.15) is 0 Å². The van der Waals surface area contributed by atoms with Crippen molar-refractivity contribution in [2.24, 2.45) is 11.8 Å². The van der Waals surface area contributed by atoms with Gasteiger partial charge in [-0.15, -0.1) is 0 Å². The van der Waals surface area contributed by atoms with Gasteiger partial charge in [-0.1, -0.05) is 25.1 Å². The first-order valence-corrected chi connectivity index (χ1v) is 10.6. The molecule has 3 rings (SSSR count). The van der Waals surface area contributed by atoms with E-state index in [2.05, 4.69) is 5.32 Å². The van der Waals surface area contributed by atoms with Crippen molar-refractivity contribution in [1.82, 2.24) is 5.32 Å². The molecule has 0 aromatic heterocycles. The van der Waals surface area contributed by atoms with Crippen LogP contribution in [0.1, 0.15) is 38.7 Å². The molecule has 3 atom stereocenters. The number of Topliss-reactive ketones (excluding diaryl/α,β-unsaturated/α-hetero) is 1. The van der Waals surface area contributed by atoms with Gasteiger partial charge in [-0.3, -0.25) is 9.59 Å². The largest absolute Gasteiger partial charge is 0.468 e. The van der Waals surface area contributed by atoms with Crippen molar-refractivity contribution < 1.29 is 33.0 Å². The number of esters is 2. The van der Waals surface area contributed by atoms with Crippen molar-refractivity contribution in [3.05, 3.63) is 58.2 Å². The van der Waals surface area contributed by atoms with E-state index in [9.17, 15) is 18.8 Å². The number of benzene rings is 1. The standard InChI is InChI=1S/C24H28FNO6/c1-5-31-10-11-32-24(29)19-14(3)26-17-12-13(2)18(23(28)30-4)22(27)21(17)20(19)15-8-6-7-9-16(15)25/h6-9,13,18,20,26H,5,10-12H2,1-4H3/t13-,18-,20-/m1/s1. The van der Waals surface area contributed by atoms with E-state index in [1.807, 2.05) is 6.92 Å². The van der Waals surface area contributed by atoms with Gasteiger partial charge in [0.2, 0.25) is 0 Å². The van der Waals surface area contributed by atoms with E-state index in [4.69, 9.17) is 14.2 Å². The zero-order valence-electron chi connectivity index (χ0n) is 18.7. The van der Waals surface area contributed by atoms with Crippen LogP contribution in [0.15, 0.2) is 46.8 Å².